The highest BCUT2D eigenvalue weighted by atomic mass is 35.5. The van der Waals surface area contributed by atoms with Crippen LogP contribution in [-0.4, -0.2) is 4.98 Å². The zero-order valence-corrected chi connectivity index (χ0v) is 9.23. The maximum absolute atomic E-state index is 5.95. The number of rotatable bonds is 0. The van der Waals surface area contributed by atoms with Gasteiger partial charge in [-0.3, -0.25) is 0 Å². The van der Waals surface area contributed by atoms with E-state index in [9.17, 15) is 0 Å². The number of thiazole rings is 1. The molecule has 3 nitrogen and oxygen atoms in total. The fourth-order valence-electron chi connectivity index (χ4n) is 1.63. The Morgan fingerprint density at radius 2 is 2.33 bits per heavy atom. The van der Waals surface area contributed by atoms with Gasteiger partial charge in [0, 0.05) is 10.6 Å². The van der Waals surface area contributed by atoms with Crippen LogP contribution >= 0.6 is 22.9 Å². The summed E-state index contributed by atoms with van der Waals surface area (Å²) in [7, 11) is 0. The zero-order chi connectivity index (χ0) is 10.4. The molecule has 2 N–H and O–H groups in total. The van der Waals surface area contributed by atoms with Crippen LogP contribution in [0.2, 0.25) is 5.02 Å². The third-order valence-corrected chi connectivity index (χ3v) is 3.46. The van der Waals surface area contributed by atoms with Gasteiger partial charge in [-0.15, -0.1) is 0 Å². The number of anilines is 1. The number of hydrogen-bond acceptors (Lipinski definition) is 4. The van der Waals surface area contributed by atoms with Crippen LogP contribution in [-0.2, 0) is 6.61 Å². The molecule has 1 aliphatic rings. The number of ether oxygens (including phenoxy) is 1. The van der Waals surface area contributed by atoms with Gasteiger partial charge >= 0.3 is 0 Å². The molecule has 0 atom stereocenters. The second kappa shape index (κ2) is 3.12. The van der Waals surface area contributed by atoms with Crippen LogP contribution in [0.25, 0.3) is 10.4 Å². The van der Waals surface area contributed by atoms with E-state index in [1.807, 2.05) is 18.2 Å². The van der Waals surface area contributed by atoms with Crippen LogP contribution in [0, 0.1) is 0 Å². The quantitative estimate of drug-likeness (QED) is 0.768. The molecular formula is C10H7ClN2OS. The van der Waals surface area contributed by atoms with Gasteiger partial charge in [-0.25, -0.2) is 4.98 Å². The SMILES string of the molecule is Nc1nc2c(s1)-c1cc(Cl)ccc1OC2. The number of hydrogen-bond donors (Lipinski definition) is 1. The van der Waals surface area contributed by atoms with Gasteiger partial charge in [-0.2, -0.15) is 0 Å². The molecule has 0 unspecified atom stereocenters. The Morgan fingerprint density at radius 3 is 3.20 bits per heavy atom. The fraction of sp³-hybridized carbons (Fsp3) is 0.100. The van der Waals surface area contributed by atoms with E-state index >= 15 is 0 Å². The first-order valence-electron chi connectivity index (χ1n) is 4.42. The minimum Gasteiger partial charge on any atom is -0.487 e. The van der Waals surface area contributed by atoms with Gasteiger partial charge in [0.05, 0.1) is 10.6 Å². The maximum atomic E-state index is 5.95. The van der Waals surface area contributed by atoms with E-state index in [1.54, 1.807) is 0 Å². The van der Waals surface area contributed by atoms with Crippen LogP contribution < -0.4 is 10.5 Å². The molecule has 0 bridgehead atoms. The van der Waals surface area contributed by atoms with Crippen LogP contribution in [0.15, 0.2) is 18.2 Å². The Labute approximate surface area is 95.5 Å². The van der Waals surface area contributed by atoms with Crippen LogP contribution in [0.1, 0.15) is 5.69 Å². The zero-order valence-electron chi connectivity index (χ0n) is 7.66. The minimum absolute atomic E-state index is 0.484. The first-order valence-corrected chi connectivity index (χ1v) is 5.61. The minimum atomic E-state index is 0.484. The fourth-order valence-corrected chi connectivity index (χ4v) is 2.66. The van der Waals surface area contributed by atoms with Crippen molar-refractivity contribution in [3.63, 3.8) is 0 Å². The van der Waals surface area contributed by atoms with Crippen LogP contribution in [0.4, 0.5) is 5.13 Å². The highest BCUT2D eigenvalue weighted by Gasteiger charge is 2.21. The molecule has 1 aromatic carbocycles. The summed E-state index contributed by atoms with van der Waals surface area (Å²) in [4.78, 5) is 5.27. The molecule has 5 heteroatoms. The lowest BCUT2D eigenvalue weighted by molar-refractivity contribution is 0.298. The highest BCUT2D eigenvalue weighted by Crippen LogP contribution is 2.42. The number of nitrogen functional groups attached to an aromatic ring is 1. The second-order valence-electron chi connectivity index (χ2n) is 3.26. The molecule has 0 fully saturated rings. The molecule has 3 rings (SSSR count). The van der Waals surface area contributed by atoms with E-state index in [-0.39, 0.29) is 0 Å². The molecule has 0 saturated heterocycles. The Morgan fingerprint density at radius 1 is 1.47 bits per heavy atom. The van der Waals surface area contributed by atoms with E-state index < -0.39 is 0 Å². The van der Waals surface area contributed by atoms with Gasteiger partial charge in [0.1, 0.15) is 12.4 Å². The summed E-state index contributed by atoms with van der Waals surface area (Å²) in [5.41, 5.74) is 7.55. The van der Waals surface area contributed by atoms with Gasteiger partial charge in [0.25, 0.3) is 0 Å². The second-order valence-corrected chi connectivity index (χ2v) is 4.72. The highest BCUT2D eigenvalue weighted by molar-refractivity contribution is 7.19. The predicted octanol–water partition coefficient (Wildman–Crippen LogP) is 2.94. The molecule has 76 valence electrons. The predicted molar refractivity (Wildman–Crippen MR) is 61.3 cm³/mol. The van der Waals surface area contributed by atoms with Crippen molar-refractivity contribution >= 4 is 28.1 Å². The Hall–Kier alpha value is -1.26. The van der Waals surface area contributed by atoms with Crippen molar-refractivity contribution in [1.82, 2.24) is 4.98 Å². The van der Waals surface area contributed by atoms with Crippen molar-refractivity contribution in [1.29, 1.82) is 0 Å². The Kier molecular flexibility index (Phi) is 1.87. The molecule has 0 radical (unpaired) electrons. The summed E-state index contributed by atoms with van der Waals surface area (Å²) in [6.45, 7) is 0.484. The third kappa shape index (κ3) is 1.37. The van der Waals surface area contributed by atoms with Crippen molar-refractivity contribution in [3.8, 4) is 16.2 Å². The van der Waals surface area contributed by atoms with Gasteiger partial charge in [0.15, 0.2) is 5.13 Å². The van der Waals surface area contributed by atoms with Crippen molar-refractivity contribution in [3.05, 3.63) is 28.9 Å². The van der Waals surface area contributed by atoms with Gasteiger partial charge in [-0.05, 0) is 18.2 Å². The van der Waals surface area contributed by atoms with Gasteiger partial charge in [-0.1, -0.05) is 22.9 Å². The standard InChI is InChI=1S/C10H7ClN2OS/c11-5-1-2-8-6(3-5)9-7(4-14-8)13-10(12)15-9/h1-3H,4H2,(H2,12,13). The molecule has 2 aromatic rings. The van der Waals surface area contributed by atoms with E-state index in [4.69, 9.17) is 22.1 Å². The van der Waals surface area contributed by atoms with Crippen molar-refractivity contribution in [2.45, 2.75) is 6.61 Å². The number of aromatic nitrogens is 1. The third-order valence-electron chi connectivity index (χ3n) is 2.26. The lowest BCUT2D eigenvalue weighted by Crippen LogP contribution is -2.04. The summed E-state index contributed by atoms with van der Waals surface area (Å²) < 4.78 is 5.55. The smallest absolute Gasteiger partial charge is 0.180 e. The van der Waals surface area contributed by atoms with E-state index in [0.29, 0.717) is 16.8 Å². The summed E-state index contributed by atoms with van der Waals surface area (Å²) in [5.74, 6) is 0.843. The van der Waals surface area contributed by atoms with E-state index in [2.05, 4.69) is 4.98 Å². The van der Waals surface area contributed by atoms with Crippen molar-refractivity contribution in [2.75, 3.05) is 5.73 Å². The summed E-state index contributed by atoms with van der Waals surface area (Å²) in [6, 6.07) is 5.57. The molecule has 0 amide bonds. The number of halogens is 1. The summed E-state index contributed by atoms with van der Waals surface area (Å²) >= 11 is 7.42. The molecule has 0 aliphatic carbocycles. The normalized spacial score (nSPS) is 12.9. The molecule has 2 heterocycles. The Balaban J connectivity index is 2.27. The summed E-state index contributed by atoms with van der Waals surface area (Å²) in [5, 5.41) is 1.26. The maximum Gasteiger partial charge on any atom is 0.180 e. The Bertz CT molecular complexity index is 538. The molecule has 15 heavy (non-hydrogen) atoms. The molecule has 1 aliphatic heterocycles. The topological polar surface area (TPSA) is 48.1 Å². The molecule has 0 saturated carbocycles. The van der Waals surface area contributed by atoms with Crippen LogP contribution in [0.3, 0.4) is 0 Å². The number of nitrogens with zero attached hydrogens (tertiary/aromatic N) is 1. The van der Waals surface area contributed by atoms with Crippen molar-refractivity contribution in [2.24, 2.45) is 0 Å². The number of nitrogens with two attached hydrogens (primary N) is 1. The first-order chi connectivity index (χ1) is 7.24. The molecule has 0 spiro atoms. The average molecular weight is 239 g/mol. The summed E-state index contributed by atoms with van der Waals surface area (Å²) in [6.07, 6.45) is 0. The van der Waals surface area contributed by atoms with Crippen LogP contribution in [0.5, 0.6) is 5.75 Å². The molecule has 1 aromatic heterocycles. The largest absolute Gasteiger partial charge is 0.487 e. The average Bonchev–Trinajstić information content (AvgIpc) is 2.58. The number of benzene rings is 1. The van der Waals surface area contributed by atoms with Gasteiger partial charge in [0.2, 0.25) is 0 Å². The van der Waals surface area contributed by atoms with Gasteiger partial charge < -0.3 is 10.5 Å². The lowest BCUT2D eigenvalue weighted by atomic mass is 10.1. The molecular weight excluding hydrogens is 232 g/mol. The van der Waals surface area contributed by atoms with E-state index in [0.717, 1.165) is 21.9 Å². The number of fused-ring (bicyclic) bond motifs is 3. The monoisotopic (exact) mass is 238 g/mol. The van der Waals surface area contributed by atoms with E-state index in [1.165, 1.54) is 11.3 Å². The first kappa shape index (κ1) is 9.00. The lowest BCUT2D eigenvalue weighted by Gasteiger charge is -2.16. The van der Waals surface area contributed by atoms with Crippen molar-refractivity contribution < 1.29 is 4.74 Å².